The Hall–Kier alpha value is -4.45. The molecule has 1 aliphatic heterocycles. The standard InChI is InChI=1S/C27H17NO5/c29-23-13-18(19-12-16-8-4-5-9-21(16)28-27(19)31)24-22(33-23)11-10-17-25(30)20(14-32-26(17)24)15-6-2-1-3-7-15/h1-12,14,18H,13H2,(H,28,31)/t18-/m0/s1. The molecule has 0 amide bonds. The van der Waals surface area contributed by atoms with E-state index in [2.05, 4.69) is 4.98 Å². The summed E-state index contributed by atoms with van der Waals surface area (Å²) in [5, 5.41) is 1.22. The molecule has 0 saturated carbocycles. The molecule has 6 heteroatoms. The molecular formula is C27H17NO5. The number of aromatic amines is 1. The lowest BCUT2D eigenvalue weighted by Gasteiger charge is -2.25. The van der Waals surface area contributed by atoms with E-state index < -0.39 is 11.9 Å². The molecule has 0 fully saturated rings. The van der Waals surface area contributed by atoms with Crippen LogP contribution in [0.2, 0.25) is 0 Å². The largest absolute Gasteiger partial charge is 0.463 e. The Morgan fingerprint density at radius 1 is 0.879 bits per heavy atom. The Labute approximate surface area is 187 Å². The van der Waals surface area contributed by atoms with E-state index in [1.165, 1.54) is 6.26 Å². The van der Waals surface area contributed by atoms with Crippen molar-refractivity contribution in [3.05, 3.63) is 111 Å². The van der Waals surface area contributed by atoms with Crippen LogP contribution in [0.1, 0.15) is 23.5 Å². The fourth-order valence-electron chi connectivity index (χ4n) is 4.56. The summed E-state index contributed by atoms with van der Waals surface area (Å²) in [5.41, 5.74) is 2.70. The summed E-state index contributed by atoms with van der Waals surface area (Å²) in [7, 11) is 0. The van der Waals surface area contributed by atoms with Gasteiger partial charge in [-0.25, -0.2) is 0 Å². The summed E-state index contributed by atoms with van der Waals surface area (Å²) < 4.78 is 11.4. The zero-order valence-corrected chi connectivity index (χ0v) is 17.3. The number of H-pyrrole nitrogens is 1. The number of ether oxygens (including phenoxy) is 1. The van der Waals surface area contributed by atoms with Crippen molar-refractivity contribution >= 4 is 27.8 Å². The SMILES string of the molecule is O=C1C[C@@H](c2cc3ccccc3[nH]c2=O)c2c(ccc3c(=O)c(-c4ccccc4)coc23)O1. The van der Waals surface area contributed by atoms with Gasteiger partial charge in [0.05, 0.1) is 17.4 Å². The fraction of sp³-hybridized carbons (Fsp3) is 0.0741. The Balaban J connectivity index is 1.61. The van der Waals surface area contributed by atoms with Gasteiger partial charge < -0.3 is 14.1 Å². The first-order valence-corrected chi connectivity index (χ1v) is 10.6. The van der Waals surface area contributed by atoms with E-state index in [9.17, 15) is 14.4 Å². The number of rotatable bonds is 2. The predicted molar refractivity (Wildman–Crippen MR) is 125 cm³/mol. The van der Waals surface area contributed by atoms with Crippen LogP contribution in [0.5, 0.6) is 5.75 Å². The maximum Gasteiger partial charge on any atom is 0.312 e. The monoisotopic (exact) mass is 435 g/mol. The summed E-state index contributed by atoms with van der Waals surface area (Å²) in [4.78, 5) is 41.6. The molecular weight excluding hydrogens is 418 g/mol. The van der Waals surface area contributed by atoms with Gasteiger partial charge in [0.15, 0.2) is 0 Å². The average molecular weight is 435 g/mol. The van der Waals surface area contributed by atoms with Crippen LogP contribution in [0, 0.1) is 0 Å². The molecule has 6 rings (SSSR count). The van der Waals surface area contributed by atoms with E-state index in [-0.39, 0.29) is 17.4 Å². The molecule has 5 aromatic rings. The second-order valence-electron chi connectivity index (χ2n) is 8.07. The minimum Gasteiger partial charge on any atom is -0.463 e. The molecule has 0 bridgehead atoms. The van der Waals surface area contributed by atoms with E-state index >= 15 is 0 Å². The van der Waals surface area contributed by atoms with Gasteiger partial charge in [-0.05, 0) is 35.2 Å². The molecule has 33 heavy (non-hydrogen) atoms. The number of fused-ring (bicyclic) bond motifs is 4. The van der Waals surface area contributed by atoms with Gasteiger partial charge in [0.25, 0.3) is 5.56 Å². The second-order valence-corrected chi connectivity index (χ2v) is 8.07. The first kappa shape index (κ1) is 19.3. The first-order valence-electron chi connectivity index (χ1n) is 10.6. The molecule has 1 N–H and O–H groups in total. The van der Waals surface area contributed by atoms with Gasteiger partial charge in [0.1, 0.15) is 17.6 Å². The molecule has 0 unspecified atom stereocenters. The van der Waals surface area contributed by atoms with Gasteiger partial charge in [-0.2, -0.15) is 0 Å². The van der Waals surface area contributed by atoms with Crippen LogP contribution < -0.4 is 15.7 Å². The second kappa shape index (κ2) is 7.31. The van der Waals surface area contributed by atoms with Crippen LogP contribution in [-0.4, -0.2) is 11.0 Å². The highest BCUT2D eigenvalue weighted by molar-refractivity contribution is 5.90. The zero-order chi connectivity index (χ0) is 22.5. The third-order valence-electron chi connectivity index (χ3n) is 6.13. The highest BCUT2D eigenvalue weighted by Gasteiger charge is 2.33. The van der Waals surface area contributed by atoms with Gasteiger partial charge in [-0.1, -0.05) is 48.5 Å². The van der Waals surface area contributed by atoms with Crippen LogP contribution in [-0.2, 0) is 4.79 Å². The average Bonchev–Trinajstić information content (AvgIpc) is 2.83. The smallest absolute Gasteiger partial charge is 0.312 e. The highest BCUT2D eigenvalue weighted by Crippen LogP contribution is 2.42. The number of para-hydroxylation sites is 1. The summed E-state index contributed by atoms with van der Waals surface area (Å²) in [6.45, 7) is 0. The van der Waals surface area contributed by atoms with Crippen molar-refractivity contribution in [2.45, 2.75) is 12.3 Å². The maximum atomic E-state index is 13.3. The highest BCUT2D eigenvalue weighted by atomic mass is 16.5. The van der Waals surface area contributed by atoms with Crippen molar-refractivity contribution in [2.24, 2.45) is 0 Å². The predicted octanol–water partition coefficient (Wildman–Crippen LogP) is 4.74. The molecule has 3 heterocycles. The van der Waals surface area contributed by atoms with E-state index in [1.807, 2.05) is 54.6 Å². The molecule has 160 valence electrons. The Morgan fingerprint density at radius 2 is 1.67 bits per heavy atom. The van der Waals surface area contributed by atoms with Crippen molar-refractivity contribution in [1.29, 1.82) is 0 Å². The molecule has 0 radical (unpaired) electrons. The lowest BCUT2D eigenvalue weighted by molar-refractivity contribution is -0.135. The van der Waals surface area contributed by atoms with Crippen LogP contribution in [0.25, 0.3) is 33.0 Å². The van der Waals surface area contributed by atoms with E-state index in [4.69, 9.17) is 9.15 Å². The molecule has 1 atom stereocenters. The third-order valence-corrected chi connectivity index (χ3v) is 6.13. The number of hydrogen-bond donors (Lipinski definition) is 1. The van der Waals surface area contributed by atoms with Crippen molar-refractivity contribution in [2.75, 3.05) is 0 Å². The number of carbonyl (C=O) groups is 1. The minimum absolute atomic E-state index is 0.0301. The molecule has 1 aliphatic rings. The zero-order valence-electron chi connectivity index (χ0n) is 17.3. The molecule has 0 saturated heterocycles. The normalized spacial score (nSPS) is 15.4. The molecule has 2 aromatic heterocycles. The van der Waals surface area contributed by atoms with Gasteiger partial charge in [-0.3, -0.25) is 14.4 Å². The van der Waals surface area contributed by atoms with Crippen molar-refractivity contribution in [1.82, 2.24) is 4.98 Å². The molecule has 0 spiro atoms. The maximum absolute atomic E-state index is 13.3. The Morgan fingerprint density at radius 3 is 2.52 bits per heavy atom. The number of pyridine rings is 1. The van der Waals surface area contributed by atoms with Gasteiger partial charge in [0.2, 0.25) is 5.43 Å². The van der Waals surface area contributed by atoms with Gasteiger partial charge in [0, 0.05) is 22.6 Å². The number of nitrogens with one attached hydrogen (secondary N) is 1. The number of aromatic nitrogens is 1. The van der Waals surface area contributed by atoms with Crippen LogP contribution >= 0.6 is 0 Å². The summed E-state index contributed by atoms with van der Waals surface area (Å²) in [6, 6.07) is 21.7. The molecule has 3 aromatic carbocycles. The molecule has 6 nitrogen and oxygen atoms in total. The summed E-state index contributed by atoms with van der Waals surface area (Å²) >= 11 is 0. The number of benzene rings is 3. The van der Waals surface area contributed by atoms with Crippen molar-refractivity contribution in [3.8, 4) is 16.9 Å². The minimum atomic E-state index is -0.607. The number of hydrogen-bond acceptors (Lipinski definition) is 5. The van der Waals surface area contributed by atoms with Crippen LogP contribution in [0.3, 0.4) is 0 Å². The Bertz CT molecular complexity index is 1680. The summed E-state index contributed by atoms with van der Waals surface area (Å²) in [5.74, 6) is -0.751. The first-order chi connectivity index (χ1) is 16.1. The Kier molecular flexibility index (Phi) is 4.26. The topological polar surface area (TPSA) is 89.4 Å². The van der Waals surface area contributed by atoms with Crippen LogP contribution in [0.4, 0.5) is 0 Å². The van der Waals surface area contributed by atoms with E-state index in [1.54, 1.807) is 18.2 Å². The van der Waals surface area contributed by atoms with E-state index in [0.717, 1.165) is 10.9 Å². The van der Waals surface area contributed by atoms with Crippen LogP contribution in [0.15, 0.2) is 93.1 Å². The number of esters is 1. The lowest BCUT2D eigenvalue weighted by Crippen LogP contribution is -2.26. The van der Waals surface area contributed by atoms with E-state index in [0.29, 0.717) is 38.9 Å². The van der Waals surface area contributed by atoms with Gasteiger partial charge >= 0.3 is 5.97 Å². The molecule has 0 aliphatic carbocycles. The fourth-order valence-corrected chi connectivity index (χ4v) is 4.56. The van der Waals surface area contributed by atoms with Gasteiger partial charge in [-0.15, -0.1) is 0 Å². The van der Waals surface area contributed by atoms with Crippen molar-refractivity contribution in [3.63, 3.8) is 0 Å². The third kappa shape index (κ3) is 3.07. The number of carbonyl (C=O) groups excluding carboxylic acids is 1. The lowest BCUT2D eigenvalue weighted by atomic mass is 9.85. The summed E-state index contributed by atoms with van der Waals surface area (Å²) in [6.07, 6.45) is 1.40. The van der Waals surface area contributed by atoms with Crippen molar-refractivity contribution < 1.29 is 13.9 Å². The quantitative estimate of drug-likeness (QED) is 0.320.